The number of carbonyl (C=O) groups excluding carboxylic acids is 1. The van der Waals surface area contributed by atoms with Gasteiger partial charge in [0, 0.05) is 11.6 Å². The molecule has 0 N–H and O–H groups in total. The van der Waals surface area contributed by atoms with E-state index in [9.17, 15) is 13.6 Å². The summed E-state index contributed by atoms with van der Waals surface area (Å²) in [6.45, 7) is 1.85. The van der Waals surface area contributed by atoms with E-state index in [1.54, 1.807) is 24.3 Å². The van der Waals surface area contributed by atoms with E-state index in [4.69, 9.17) is 4.74 Å². The molecule has 0 atom stereocenters. The standard InChI is InChI=1S/C14H17F2NO2/c1-2-19-12-5-3-4-10(8-12)14(18)17(9-13(15)16)11-6-7-11/h3-5,8,11,13H,2,6-7,9H2,1H3. The van der Waals surface area contributed by atoms with Gasteiger partial charge >= 0.3 is 0 Å². The van der Waals surface area contributed by atoms with Gasteiger partial charge in [-0.2, -0.15) is 0 Å². The van der Waals surface area contributed by atoms with Gasteiger partial charge in [-0.1, -0.05) is 6.07 Å². The highest BCUT2D eigenvalue weighted by molar-refractivity contribution is 5.95. The minimum atomic E-state index is -2.50. The van der Waals surface area contributed by atoms with Gasteiger partial charge in [0.1, 0.15) is 5.75 Å². The smallest absolute Gasteiger partial charge is 0.255 e. The maximum Gasteiger partial charge on any atom is 0.255 e. The normalized spacial score (nSPS) is 14.5. The number of hydrogen-bond acceptors (Lipinski definition) is 2. The van der Waals surface area contributed by atoms with Crippen molar-refractivity contribution in [2.24, 2.45) is 0 Å². The van der Waals surface area contributed by atoms with Gasteiger partial charge in [0.15, 0.2) is 0 Å². The zero-order valence-corrected chi connectivity index (χ0v) is 10.8. The summed E-state index contributed by atoms with van der Waals surface area (Å²) < 4.78 is 30.4. The molecule has 1 fully saturated rings. The lowest BCUT2D eigenvalue weighted by atomic mass is 10.2. The molecule has 5 heteroatoms. The molecule has 19 heavy (non-hydrogen) atoms. The van der Waals surface area contributed by atoms with Gasteiger partial charge in [0.2, 0.25) is 0 Å². The minimum absolute atomic E-state index is 0.0303. The third kappa shape index (κ3) is 3.66. The van der Waals surface area contributed by atoms with E-state index in [0.29, 0.717) is 17.9 Å². The monoisotopic (exact) mass is 269 g/mol. The predicted octanol–water partition coefficient (Wildman–Crippen LogP) is 2.96. The third-order valence-corrected chi connectivity index (χ3v) is 2.98. The molecule has 1 aliphatic rings. The van der Waals surface area contributed by atoms with Gasteiger partial charge in [0.25, 0.3) is 12.3 Å². The Balaban J connectivity index is 2.14. The third-order valence-electron chi connectivity index (χ3n) is 2.98. The second-order valence-corrected chi connectivity index (χ2v) is 4.54. The molecule has 0 spiro atoms. The molecule has 2 rings (SSSR count). The van der Waals surface area contributed by atoms with Crippen LogP contribution in [-0.4, -0.2) is 36.4 Å². The van der Waals surface area contributed by atoms with Crippen molar-refractivity contribution in [1.82, 2.24) is 4.90 Å². The van der Waals surface area contributed by atoms with Crippen LogP contribution in [0.3, 0.4) is 0 Å². The molecule has 104 valence electrons. The highest BCUT2D eigenvalue weighted by Gasteiger charge is 2.34. The van der Waals surface area contributed by atoms with E-state index in [-0.39, 0.29) is 11.9 Å². The zero-order valence-electron chi connectivity index (χ0n) is 10.8. The molecule has 1 aliphatic carbocycles. The number of amides is 1. The summed E-state index contributed by atoms with van der Waals surface area (Å²) in [5.41, 5.74) is 0.401. The van der Waals surface area contributed by atoms with E-state index in [0.717, 1.165) is 12.8 Å². The molecule has 0 aliphatic heterocycles. The lowest BCUT2D eigenvalue weighted by Gasteiger charge is -2.22. The second kappa shape index (κ2) is 5.99. The van der Waals surface area contributed by atoms with E-state index in [1.165, 1.54) is 4.90 Å². The topological polar surface area (TPSA) is 29.5 Å². The second-order valence-electron chi connectivity index (χ2n) is 4.54. The SMILES string of the molecule is CCOc1cccc(C(=O)N(CC(F)F)C2CC2)c1. The Labute approximate surface area is 111 Å². The van der Waals surface area contributed by atoms with Crippen LogP contribution < -0.4 is 4.74 Å². The van der Waals surface area contributed by atoms with Crippen LogP contribution in [0.25, 0.3) is 0 Å². The number of nitrogens with zero attached hydrogens (tertiary/aromatic N) is 1. The van der Waals surface area contributed by atoms with Crippen molar-refractivity contribution in [1.29, 1.82) is 0 Å². The van der Waals surface area contributed by atoms with Crippen molar-refractivity contribution >= 4 is 5.91 Å². The van der Waals surface area contributed by atoms with Crippen LogP contribution in [0, 0.1) is 0 Å². The molecule has 0 radical (unpaired) electrons. The number of halogens is 2. The van der Waals surface area contributed by atoms with Crippen LogP contribution in [0.5, 0.6) is 5.75 Å². The van der Waals surface area contributed by atoms with Gasteiger partial charge in [-0.15, -0.1) is 0 Å². The summed E-state index contributed by atoms with van der Waals surface area (Å²) in [6, 6.07) is 6.65. The summed E-state index contributed by atoms with van der Waals surface area (Å²) in [5, 5.41) is 0. The van der Waals surface area contributed by atoms with E-state index in [2.05, 4.69) is 0 Å². The molecule has 0 unspecified atom stereocenters. The molecule has 0 bridgehead atoms. The average Bonchev–Trinajstić information content (AvgIpc) is 3.20. The Hall–Kier alpha value is -1.65. The summed E-state index contributed by atoms with van der Waals surface area (Å²) in [5.74, 6) is 0.241. The summed E-state index contributed by atoms with van der Waals surface area (Å²) in [7, 11) is 0. The van der Waals surface area contributed by atoms with Crippen molar-refractivity contribution in [2.75, 3.05) is 13.2 Å². The lowest BCUT2D eigenvalue weighted by molar-refractivity contribution is 0.0534. The molecule has 0 aromatic heterocycles. The molecule has 3 nitrogen and oxygen atoms in total. The van der Waals surface area contributed by atoms with Crippen molar-refractivity contribution in [3.63, 3.8) is 0 Å². The molecular weight excluding hydrogens is 252 g/mol. The van der Waals surface area contributed by atoms with E-state index in [1.807, 2.05) is 6.92 Å². The maximum absolute atomic E-state index is 12.5. The number of rotatable bonds is 6. The first-order valence-corrected chi connectivity index (χ1v) is 6.43. The number of hydrogen-bond donors (Lipinski definition) is 0. The van der Waals surface area contributed by atoms with E-state index < -0.39 is 13.0 Å². The van der Waals surface area contributed by atoms with Crippen LogP contribution in [0.4, 0.5) is 8.78 Å². The first kappa shape index (κ1) is 13.8. The number of ether oxygens (including phenoxy) is 1. The fourth-order valence-electron chi connectivity index (χ4n) is 1.98. The highest BCUT2D eigenvalue weighted by Crippen LogP contribution is 2.29. The van der Waals surface area contributed by atoms with Crippen molar-refractivity contribution in [3.05, 3.63) is 29.8 Å². The minimum Gasteiger partial charge on any atom is -0.494 e. The van der Waals surface area contributed by atoms with Gasteiger partial charge < -0.3 is 9.64 Å². The number of carbonyl (C=O) groups is 1. The van der Waals surface area contributed by atoms with Crippen LogP contribution >= 0.6 is 0 Å². The van der Waals surface area contributed by atoms with Crippen molar-refractivity contribution in [2.45, 2.75) is 32.2 Å². The maximum atomic E-state index is 12.5. The zero-order chi connectivity index (χ0) is 13.8. The lowest BCUT2D eigenvalue weighted by Crippen LogP contribution is -2.36. The first-order chi connectivity index (χ1) is 9.11. The predicted molar refractivity (Wildman–Crippen MR) is 67.7 cm³/mol. The molecule has 0 saturated heterocycles. The molecule has 1 saturated carbocycles. The molecule has 0 heterocycles. The summed E-state index contributed by atoms with van der Waals surface area (Å²) in [6.07, 6.45) is -0.882. The van der Waals surface area contributed by atoms with Crippen LogP contribution in [0.2, 0.25) is 0 Å². The Morgan fingerprint density at radius 1 is 1.47 bits per heavy atom. The van der Waals surface area contributed by atoms with Crippen molar-refractivity contribution < 1.29 is 18.3 Å². The molecule has 1 amide bonds. The van der Waals surface area contributed by atoms with Crippen molar-refractivity contribution in [3.8, 4) is 5.75 Å². The van der Waals surface area contributed by atoms with Crippen LogP contribution in [-0.2, 0) is 0 Å². The van der Waals surface area contributed by atoms with Gasteiger partial charge in [-0.05, 0) is 38.0 Å². The Kier molecular flexibility index (Phi) is 4.35. The average molecular weight is 269 g/mol. The van der Waals surface area contributed by atoms with Gasteiger partial charge in [0.05, 0.1) is 13.2 Å². The van der Waals surface area contributed by atoms with Crippen LogP contribution in [0.15, 0.2) is 24.3 Å². The van der Waals surface area contributed by atoms with E-state index >= 15 is 0 Å². The van der Waals surface area contributed by atoms with Gasteiger partial charge in [-0.3, -0.25) is 4.79 Å². The Bertz CT molecular complexity index is 447. The number of alkyl halides is 2. The van der Waals surface area contributed by atoms with Crippen LogP contribution in [0.1, 0.15) is 30.1 Å². The van der Waals surface area contributed by atoms with Gasteiger partial charge in [-0.25, -0.2) is 8.78 Å². The fraction of sp³-hybridized carbons (Fsp3) is 0.500. The largest absolute Gasteiger partial charge is 0.494 e. The molecule has 1 aromatic rings. The summed E-state index contributed by atoms with van der Waals surface area (Å²) in [4.78, 5) is 13.5. The summed E-state index contributed by atoms with van der Waals surface area (Å²) >= 11 is 0. The fourth-order valence-corrected chi connectivity index (χ4v) is 1.98. The molecule has 1 aromatic carbocycles. The Morgan fingerprint density at radius 2 is 2.21 bits per heavy atom. The highest BCUT2D eigenvalue weighted by atomic mass is 19.3. The quantitative estimate of drug-likeness (QED) is 0.794. The Morgan fingerprint density at radius 3 is 2.79 bits per heavy atom. The number of benzene rings is 1. The first-order valence-electron chi connectivity index (χ1n) is 6.43. The molecular formula is C14H17F2NO2.